The first-order chi connectivity index (χ1) is 11.4. The Kier molecular flexibility index (Phi) is 6.10. The first kappa shape index (κ1) is 18.2. The van der Waals surface area contributed by atoms with Gasteiger partial charge in [0.15, 0.2) is 0 Å². The summed E-state index contributed by atoms with van der Waals surface area (Å²) in [6.45, 7) is 0. The number of benzene rings is 2. The van der Waals surface area contributed by atoms with Gasteiger partial charge in [-0.1, -0.05) is 15.9 Å². The van der Waals surface area contributed by atoms with E-state index < -0.39 is 4.92 Å². The quantitative estimate of drug-likeness (QED) is 0.399. The van der Waals surface area contributed by atoms with Gasteiger partial charge in [-0.2, -0.15) is 0 Å². The number of halogens is 2. The number of non-ortho nitro benzene ring substituents is 1. The molecule has 0 fully saturated rings. The Hall–Kier alpha value is -2.19. The number of nitrogens with zero attached hydrogens (tertiary/aromatic N) is 1. The van der Waals surface area contributed by atoms with Gasteiger partial charge in [-0.15, -0.1) is 0 Å². The van der Waals surface area contributed by atoms with Crippen molar-refractivity contribution in [2.45, 2.75) is 0 Å². The third-order valence-electron chi connectivity index (χ3n) is 3.03. The number of hydrogen-bond donors (Lipinski definition) is 1. The highest BCUT2D eigenvalue weighted by Crippen LogP contribution is 2.27. The van der Waals surface area contributed by atoms with E-state index >= 15 is 0 Å². The van der Waals surface area contributed by atoms with E-state index in [4.69, 9.17) is 4.74 Å². The topological polar surface area (TPSA) is 81.5 Å². The number of amides is 1. The summed E-state index contributed by atoms with van der Waals surface area (Å²) >= 11 is 6.57. The molecule has 0 unspecified atom stereocenters. The maximum Gasteiger partial charge on any atom is 0.270 e. The van der Waals surface area contributed by atoms with Crippen LogP contribution >= 0.6 is 31.9 Å². The number of nitro groups is 1. The molecule has 0 aliphatic rings. The first-order valence-electron chi connectivity index (χ1n) is 6.67. The summed E-state index contributed by atoms with van der Waals surface area (Å²) in [5.41, 5.74) is 1.12. The van der Waals surface area contributed by atoms with E-state index in [2.05, 4.69) is 37.2 Å². The van der Waals surface area contributed by atoms with E-state index in [0.717, 1.165) is 10.0 Å². The SMILES string of the molecule is COc1ccc(Br)cc1/C=C/C(=O)Nc1ccc([N+](=O)[O-])cc1Br. The van der Waals surface area contributed by atoms with Crippen molar-refractivity contribution in [3.05, 3.63) is 67.1 Å². The molecule has 1 N–H and O–H groups in total. The van der Waals surface area contributed by atoms with Crippen molar-refractivity contribution < 1.29 is 14.5 Å². The lowest BCUT2D eigenvalue weighted by Crippen LogP contribution is -2.08. The molecule has 0 atom stereocenters. The lowest BCUT2D eigenvalue weighted by molar-refractivity contribution is -0.384. The van der Waals surface area contributed by atoms with Crippen LogP contribution < -0.4 is 10.1 Å². The molecule has 0 aliphatic heterocycles. The number of carbonyl (C=O) groups excluding carboxylic acids is 1. The average Bonchev–Trinajstić information content (AvgIpc) is 2.54. The molecular formula is C16H12Br2N2O4. The summed E-state index contributed by atoms with van der Waals surface area (Å²) in [6, 6.07) is 9.56. The number of nitrogens with one attached hydrogen (secondary N) is 1. The highest BCUT2D eigenvalue weighted by molar-refractivity contribution is 9.10. The van der Waals surface area contributed by atoms with E-state index in [0.29, 0.717) is 15.9 Å². The monoisotopic (exact) mass is 454 g/mol. The van der Waals surface area contributed by atoms with Gasteiger partial charge in [0, 0.05) is 32.7 Å². The Labute approximate surface area is 154 Å². The molecule has 0 aromatic heterocycles. The molecule has 0 spiro atoms. The van der Waals surface area contributed by atoms with E-state index in [1.807, 2.05) is 12.1 Å². The second kappa shape index (κ2) is 8.07. The number of ether oxygens (including phenoxy) is 1. The number of carbonyl (C=O) groups is 1. The number of hydrogen-bond acceptors (Lipinski definition) is 4. The molecule has 0 saturated heterocycles. The van der Waals surface area contributed by atoms with Gasteiger partial charge < -0.3 is 10.1 Å². The minimum atomic E-state index is -0.504. The van der Waals surface area contributed by atoms with Crippen LogP contribution in [0.4, 0.5) is 11.4 Å². The predicted octanol–water partition coefficient (Wildman–Crippen LogP) is 4.78. The molecule has 124 valence electrons. The van der Waals surface area contributed by atoms with Crippen molar-refractivity contribution in [3.63, 3.8) is 0 Å². The fraction of sp³-hybridized carbons (Fsp3) is 0.0625. The highest BCUT2D eigenvalue weighted by Gasteiger charge is 2.10. The number of rotatable bonds is 5. The molecule has 0 aliphatic carbocycles. The van der Waals surface area contributed by atoms with Crippen LogP contribution in [-0.4, -0.2) is 17.9 Å². The van der Waals surface area contributed by atoms with Crippen molar-refractivity contribution >= 4 is 55.2 Å². The molecular weight excluding hydrogens is 444 g/mol. The number of anilines is 1. The van der Waals surface area contributed by atoms with Gasteiger partial charge >= 0.3 is 0 Å². The summed E-state index contributed by atoms with van der Waals surface area (Å²) < 4.78 is 6.52. The molecule has 1 amide bonds. The van der Waals surface area contributed by atoms with Crippen LogP contribution in [0.3, 0.4) is 0 Å². The summed E-state index contributed by atoms with van der Waals surface area (Å²) in [5.74, 6) is 0.269. The van der Waals surface area contributed by atoms with Crippen LogP contribution in [0.2, 0.25) is 0 Å². The van der Waals surface area contributed by atoms with Gasteiger partial charge in [-0.05, 0) is 46.3 Å². The molecule has 0 heterocycles. The third-order valence-corrected chi connectivity index (χ3v) is 4.18. The molecule has 0 saturated carbocycles. The molecule has 2 aromatic carbocycles. The van der Waals surface area contributed by atoms with Crippen LogP contribution in [0.1, 0.15) is 5.56 Å². The fourth-order valence-corrected chi connectivity index (χ4v) is 2.74. The smallest absolute Gasteiger partial charge is 0.270 e. The molecule has 0 bridgehead atoms. The van der Waals surface area contributed by atoms with Crippen molar-refractivity contribution in [1.82, 2.24) is 0 Å². The van der Waals surface area contributed by atoms with Crippen LogP contribution in [0, 0.1) is 10.1 Å². The maximum absolute atomic E-state index is 12.0. The zero-order valence-corrected chi connectivity index (χ0v) is 15.6. The van der Waals surface area contributed by atoms with Crippen molar-refractivity contribution in [1.29, 1.82) is 0 Å². The Morgan fingerprint density at radius 2 is 2.00 bits per heavy atom. The van der Waals surface area contributed by atoms with Crippen LogP contribution in [-0.2, 0) is 4.79 Å². The average molecular weight is 456 g/mol. The fourth-order valence-electron chi connectivity index (χ4n) is 1.89. The van der Waals surface area contributed by atoms with Gasteiger partial charge in [0.1, 0.15) is 5.75 Å². The summed E-state index contributed by atoms with van der Waals surface area (Å²) in [6.07, 6.45) is 2.98. The Morgan fingerprint density at radius 3 is 2.62 bits per heavy atom. The zero-order valence-electron chi connectivity index (χ0n) is 12.5. The summed E-state index contributed by atoms with van der Waals surface area (Å²) in [7, 11) is 1.55. The molecule has 2 rings (SSSR count). The Morgan fingerprint density at radius 1 is 1.25 bits per heavy atom. The molecule has 6 nitrogen and oxygen atoms in total. The minimum Gasteiger partial charge on any atom is -0.496 e. The Balaban J connectivity index is 2.14. The van der Waals surface area contributed by atoms with Gasteiger partial charge in [0.05, 0.1) is 17.7 Å². The van der Waals surface area contributed by atoms with E-state index in [1.54, 1.807) is 19.3 Å². The van der Waals surface area contributed by atoms with Crippen LogP contribution in [0.5, 0.6) is 5.75 Å². The standard InChI is InChI=1S/C16H12Br2N2O4/c1-24-15-6-3-11(17)8-10(15)2-7-16(21)19-14-5-4-12(20(22)23)9-13(14)18/h2-9H,1H3,(H,19,21)/b7-2+. The van der Waals surface area contributed by atoms with Gasteiger partial charge in [0.25, 0.3) is 5.69 Å². The lowest BCUT2D eigenvalue weighted by atomic mass is 10.2. The molecule has 2 aromatic rings. The maximum atomic E-state index is 12.0. The van der Waals surface area contributed by atoms with Gasteiger partial charge in [-0.25, -0.2) is 0 Å². The van der Waals surface area contributed by atoms with Crippen LogP contribution in [0.25, 0.3) is 6.08 Å². The second-order valence-corrected chi connectivity index (χ2v) is 6.40. The van der Waals surface area contributed by atoms with Gasteiger partial charge in [0.2, 0.25) is 5.91 Å². The highest BCUT2D eigenvalue weighted by atomic mass is 79.9. The van der Waals surface area contributed by atoms with Crippen molar-refractivity contribution in [3.8, 4) is 5.75 Å². The predicted molar refractivity (Wildman–Crippen MR) is 99.2 cm³/mol. The zero-order chi connectivity index (χ0) is 17.7. The van der Waals surface area contributed by atoms with E-state index in [1.165, 1.54) is 24.3 Å². The Bertz CT molecular complexity index is 822. The van der Waals surface area contributed by atoms with Gasteiger partial charge in [-0.3, -0.25) is 14.9 Å². The van der Waals surface area contributed by atoms with Crippen LogP contribution in [0.15, 0.2) is 51.4 Å². The second-order valence-electron chi connectivity index (χ2n) is 4.63. The summed E-state index contributed by atoms with van der Waals surface area (Å²) in [4.78, 5) is 22.2. The minimum absolute atomic E-state index is 0.0608. The largest absolute Gasteiger partial charge is 0.496 e. The number of methoxy groups -OCH3 is 1. The molecule has 0 radical (unpaired) electrons. The van der Waals surface area contributed by atoms with E-state index in [-0.39, 0.29) is 11.6 Å². The molecule has 24 heavy (non-hydrogen) atoms. The first-order valence-corrected chi connectivity index (χ1v) is 8.26. The molecule has 8 heteroatoms. The van der Waals surface area contributed by atoms with Crippen molar-refractivity contribution in [2.24, 2.45) is 0 Å². The van der Waals surface area contributed by atoms with Crippen molar-refractivity contribution in [2.75, 3.05) is 12.4 Å². The lowest BCUT2D eigenvalue weighted by Gasteiger charge is -2.06. The normalized spacial score (nSPS) is 10.6. The number of nitro benzene ring substituents is 1. The summed E-state index contributed by atoms with van der Waals surface area (Å²) in [5, 5.41) is 13.4. The van der Waals surface area contributed by atoms with E-state index in [9.17, 15) is 14.9 Å². The third kappa shape index (κ3) is 4.65.